The number of aromatic amines is 2. The first-order valence-electron chi connectivity index (χ1n) is 17.7. The molecule has 2 aliphatic rings. The first-order chi connectivity index (χ1) is 24.5. The maximum Gasteiger partial charge on any atom is 0.249 e. The Hall–Kier alpha value is -5.30. The molecule has 0 saturated carbocycles. The molecule has 2 aliphatic heterocycles. The highest BCUT2D eigenvalue weighted by atomic mass is 16.3. The number of nitrogens with one attached hydrogen (secondary N) is 4. The first kappa shape index (κ1) is 35.5. The Labute approximate surface area is 297 Å². The van der Waals surface area contributed by atoms with Gasteiger partial charge in [-0.1, -0.05) is 62.4 Å². The summed E-state index contributed by atoms with van der Waals surface area (Å²) in [6, 6.07) is 14.7. The summed E-state index contributed by atoms with van der Waals surface area (Å²) in [4.78, 5) is 69.0. The van der Waals surface area contributed by atoms with Crippen LogP contribution in [0.3, 0.4) is 0 Å². The van der Waals surface area contributed by atoms with Crippen molar-refractivity contribution in [1.82, 2.24) is 40.4 Å². The number of aliphatic hydroxyl groups is 1. The van der Waals surface area contributed by atoms with E-state index < -0.39 is 24.1 Å². The van der Waals surface area contributed by atoms with Gasteiger partial charge in [0, 0.05) is 13.1 Å². The third-order valence-electron chi connectivity index (χ3n) is 9.94. The number of hydrogen-bond donors (Lipinski definition) is 5. The summed E-state index contributed by atoms with van der Waals surface area (Å²) in [6.07, 6.45) is 6.25. The van der Waals surface area contributed by atoms with E-state index in [4.69, 9.17) is 0 Å². The molecular formula is C38H46N8O5. The molecule has 1 unspecified atom stereocenters. The monoisotopic (exact) mass is 694 g/mol. The third kappa shape index (κ3) is 7.58. The Morgan fingerprint density at radius 2 is 1.18 bits per heavy atom. The molecule has 2 fully saturated rings. The van der Waals surface area contributed by atoms with Crippen LogP contribution < -0.4 is 10.6 Å². The van der Waals surface area contributed by atoms with E-state index in [1.54, 1.807) is 49.9 Å². The zero-order valence-corrected chi connectivity index (χ0v) is 29.4. The number of imidazole rings is 2. The van der Waals surface area contributed by atoms with Crippen LogP contribution in [-0.2, 0) is 19.2 Å². The van der Waals surface area contributed by atoms with Crippen molar-refractivity contribution >= 4 is 24.1 Å². The van der Waals surface area contributed by atoms with Gasteiger partial charge in [0.1, 0.15) is 29.8 Å². The topological polar surface area (TPSA) is 176 Å². The number of hydrogen-bond acceptors (Lipinski definition) is 7. The minimum absolute atomic E-state index is 0.115. The van der Waals surface area contributed by atoms with E-state index in [0.29, 0.717) is 25.3 Å². The molecule has 4 heterocycles. The highest BCUT2D eigenvalue weighted by Crippen LogP contribution is 2.34. The van der Waals surface area contributed by atoms with Gasteiger partial charge in [-0.3, -0.25) is 19.2 Å². The molecule has 4 amide bonds. The number of aromatic nitrogens is 4. The van der Waals surface area contributed by atoms with Crippen molar-refractivity contribution in [2.24, 2.45) is 5.92 Å². The summed E-state index contributed by atoms with van der Waals surface area (Å²) in [6.45, 7) is 8.04. The molecule has 0 aliphatic carbocycles. The van der Waals surface area contributed by atoms with Gasteiger partial charge in [0.15, 0.2) is 0 Å². The zero-order valence-electron chi connectivity index (χ0n) is 29.4. The van der Waals surface area contributed by atoms with E-state index in [0.717, 1.165) is 65.1 Å². The molecule has 13 heteroatoms. The molecule has 2 aromatic carbocycles. The fourth-order valence-electron chi connectivity index (χ4n) is 6.95. The number of nitrogens with zero attached hydrogens (tertiary/aromatic N) is 4. The molecule has 4 aromatic rings. The van der Waals surface area contributed by atoms with E-state index in [-0.39, 0.29) is 29.8 Å². The second-order valence-corrected chi connectivity index (χ2v) is 13.8. The summed E-state index contributed by atoms with van der Waals surface area (Å²) in [5.41, 5.74) is 5.78. The fraction of sp³-hybridized carbons (Fsp3) is 0.421. The van der Waals surface area contributed by atoms with Crippen molar-refractivity contribution in [1.29, 1.82) is 0 Å². The highest BCUT2D eigenvalue weighted by Gasteiger charge is 2.36. The van der Waals surface area contributed by atoms with Crippen molar-refractivity contribution < 1.29 is 24.3 Å². The first-order valence-corrected chi connectivity index (χ1v) is 17.7. The normalized spacial score (nSPS) is 19.2. The number of aliphatic hydroxyl groups excluding tert-OH is 1. The van der Waals surface area contributed by atoms with E-state index in [1.807, 2.05) is 24.3 Å². The van der Waals surface area contributed by atoms with Crippen LogP contribution in [0.25, 0.3) is 33.6 Å². The average Bonchev–Trinajstić information content (AvgIpc) is 3.97. The Morgan fingerprint density at radius 1 is 0.745 bits per heavy atom. The fourth-order valence-corrected chi connectivity index (χ4v) is 6.95. The molecule has 5 N–H and O–H groups in total. The molecule has 268 valence electrons. The molecular weight excluding hydrogens is 648 g/mol. The average molecular weight is 695 g/mol. The van der Waals surface area contributed by atoms with Crippen molar-refractivity contribution in [3.8, 4) is 33.6 Å². The van der Waals surface area contributed by atoms with Crippen LogP contribution in [0.2, 0.25) is 0 Å². The van der Waals surface area contributed by atoms with Gasteiger partial charge >= 0.3 is 0 Å². The number of amides is 4. The predicted molar refractivity (Wildman–Crippen MR) is 192 cm³/mol. The molecule has 2 saturated heterocycles. The highest BCUT2D eigenvalue weighted by molar-refractivity contribution is 5.89. The second-order valence-electron chi connectivity index (χ2n) is 13.8. The summed E-state index contributed by atoms with van der Waals surface area (Å²) < 4.78 is 0. The van der Waals surface area contributed by atoms with Gasteiger partial charge in [0.25, 0.3) is 0 Å². The summed E-state index contributed by atoms with van der Waals surface area (Å²) in [5, 5.41) is 15.3. The molecule has 51 heavy (non-hydrogen) atoms. The van der Waals surface area contributed by atoms with Crippen LogP contribution in [0.1, 0.15) is 77.1 Å². The molecule has 5 atom stereocenters. The molecule has 6 rings (SSSR count). The van der Waals surface area contributed by atoms with Crippen LogP contribution in [-0.4, -0.2) is 90.3 Å². The predicted octanol–water partition coefficient (Wildman–Crippen LogP) is 4.12. The van der Waals surface area contributed by atoms with Crippen LogP contribution >= 0.6 is 0 Å². The van der Waals surface area contributed by atoms with Gasteiger partial charge in [0.05, 0.1) is 35.9 Å². The van der Waals surface area contributed by atoms with Crippen molar-refractivity contribution in [3.05, 3.63) is 72.6 Å². The van der Waals surface area contributed by atoms with Gasteiger partial charge in [-0.2, -0.15) is 0 Å². The summed E-state index contributed by atoms with van der Waals surface area (Å²) in [5.74, 6) is 0.338. The van der Waals surface area contributed by atoms with Crippen molar-refractivity contribution in [2.75, 3.05) is 13.1 Å². The Bertz CT molecular complexity index is 1850. The number of rotatable bonds is 12. The van der Waals surface area contributed by atoms with Gasteiger partial charge in [-0.25, -0.2) is 9.97 Å². The molecule has 0 spiro atoms. The summed E-state index contributed by atoms with van der Waals surface area (Å²) >= 11 is 0. The van der Waals surface area contributed by atoms with Gasteiger partial charge in [-0.15, -0.1) is 0 Å². The van der Waals surface area contributed by atoms with E-state index in [1.165, 1.54) is 0 Å². The lowest BCUT2D eigenvalue weighted by Gasteiger charge is -2.27. The molecule has 2 aromatic heterocycles. The molecule has 0 bridgehead atoms. The molecule has 13 nitrogen and oxygen atoms in total. The van der Waals surface area contributed by atoms with Gasteiger partial charge in [-0.05, 0) is 67.7 Å². The SMILES string of the molecule is CC(C)C(O)C(=O)N[C@@H](C)C(=O)N1CCC[C@H]1c1ncc(-c2ccc(-c3ccc(-c4cnc([C@@H]5CCCN5C(=O)[C@H](C)NC=O)[nH]4)cc3)cc2)[nH]1. The lowest BCUT2D eigenvalue weighted by Crippen LogP contribution is -2.50. The lowest BCUT2D eigenvalue weighted by atomic mass is 10.0. The Balaban J connectivity index is 1.09. The van der Waals surface area contributed by atoms with Crippen LogP contribution in [0.5, 0.6) is 0 Å². The maximum absolute atomic E-state index is 13.3. The van der Waals surface area contributed by atoms with E-state index >= 15 is 0 Å². The van der Waals surface area contributed by atoms with Gasteiger partial charge in [0.2, 0.25) is 24.1 Å². The van der Waals surface area contributed by atoms with E-state index in [2.05, 4.69) is 54.8 Å². The third-order valence-corrected chi connectivity index (χ3v) is 9.94. The second kappa shape index (κ2) is 15.3. The number of H-pyrrole nitrogens is 2. The standard InChI is InChI=1S/C38H46N8O5/c1-22(2)33(48)36(49)42-24(4)38(51)46-18-6-8-32(46)35-40-20-30(44-35)28-15-11-26(12-16-28)25-9-13-27(14-10-25)29-19-39-34(43-29)31-7-5-17-45(31)37(50)23(3)41-21-47/h9-16,19-24,31-33,48H,5-8,17-18H2,1-4H3,(H,39,43)(H,40,44)(H,41,47)(H,42,49)/t23-,24-,31-,32-,33?/m0/s1. The Kier molecular flexibility index (Phi) is 10.7. The minimum Gasteiger partial charge on any atom is -0.383 e. The summed E-state index contributed by atoms with van der Waals surface area (Å²) in [7, 11) is 0. The number of carbonyl (C=O) groups excluding carboxylic acids is 4. The number of carbonyl (C=O) groups is 4. The largest absolute Gasteiger partial charge is 0.383 e. The van der Waals surface area contributed by atoms with Crippen LogP contribution in [0.15, 0.2) is 60.9 Å². The smallest absolute Gasteiger partial charge is 0.249 e. The van der Waals surface area contributed by atoms with Gasteiger partial charge < -0.3 is 35.5 Å². The lowest BCUT2D eigenvalue weighted by molar-refractivity contribution is -0.140. The minimum atomic E-state index is -1.17. The van der Waals surface area contributed by atoms with Crippen LogP contribution in [0, 0.1) is 5.92 Å². The zero-order chi connectivity index (χ0) is 36.2. The maximum atomic E-state index is 13.3. The number of likely N-dealkylation sites (tertiary alicyclic amines) is 2. The van der Waals surface area contributed by atoms with Crippen LogP contribution in [0.4, 0.5) is 0 Å². The van der Waals surface area contributed by atoms with E-state index in [9.17, 15) is 24.3 Å². The van der Waals surface area contributed by atoms with Crippen molar-refractivity contribution in [2.45, 2.75) is 83.6 Å². The van der Waals surface area contributed by atoms with Crippen molar-refractivity contribution in [3.63, 3.8) is 0 Å². The quantitative estimate of drug-likeness (QED) is 0.139. The Morgan fingerprint density at radius 3 is 1.61 bits per heavy atom. The molecule has 0 radical (unpaired) electrons. The number of benzene rings is 2.